The van der Waals surface area contributed by atoms with Crippen LogP contribution in [-0.4, -0.2) is 87.1 Å². The largest absolute Gasteiger partial charge is 0.396 e. The average Bonchev–Trinajstić information content (AvgIpc) is 3.57. The van der Waals surface area contributed by atoms with E-state index < -0.39 is 37.0 Å². The molecular formula is C27H39N6O8P. The van der Waals surface area contributed by atoms with E-state index in [2.05, 4.69) is 20.9 Å². The third kappa shape index (κ3) is 8.48. The molecule has 2 aromatic rings. The molecule has 42 heavy (non-hydrogen) atoms. The number of H-pyrrole nitrogens is 1. The van der Waals surface area contributed by atoms with Crippen molar-refractivity contribution in [2.45, 2.75) is 64.1 Å². The molecule has 1 aliphatic heterocycles. The number of hydrogen-bond acceptors (Lipinski definition) is 7. The van der Waals surface area contributed by atoms with E-state index in [-0.39, 0.29) is 41.5 Å². The highest BCUT2D eigenvalue weighted by atomic mass is 31.2. The van der Waals surface area contributed by atoms with E-state index >= 15 is 0 Å². The van der Waals surface area contributed by atoms with Crippen LogP contribution < -0.4 is 21.7 Å². The molecule has 230 valence electrons. The zero-order valence-electron chi connectivity index (χ0n) is 23.9. The summed E-state index contributed by atoms with van der Waals surface area (Å²) in [6, 6.07) is 3.39. The Kier molecular flexibility index (Phi) is 11.0. The molecule has 3 atom stereocenters. The number of aromatic nitrogens is 1. The Morgan fingerprint density at radius 3 is 2.48 bits per heavy atom. The number of likely N-dealkylation sites (N-methyl/N-ethyl adjacent to an activating group) is 1. The van der Waals surface area contributed by atoms with Gasteiger partial charge in [0.2, 0.25) is 17.7 Å². The van der Waals surface area contributed by atoms with Gasteiger partial charge in [-0.2, -0.15) is 0 Å². The molecule has 3 rings (SSSR count). The van der Waals surface area contributed by atoms with E-state index in [1.807, 2.05) is 13.8 Å². The highest BCUT2D eigenvalue weighted by Gasteiger charge is 2.38. The number of nitrogens with two attached hydrogens (primary N) is 1. The molecule has 0 aliphatic carbocycles. The van der Waals surface area contributed by atoms with Crippen LogP contribution >= 0.6 is 7.60 Å². The van der Waals surface area contributed by atoms with Gasteiger partial charge in [0.05, 0.1) is 0 Å². The summed E-state index contributed by atoms with van der Waals surface area (Å²) in [5.74, 6) is -1.75. The average molecular weight is 607 g/mol. The van der Waals surface area contributed by atoms with Gasteiger partial charge in [-0.25, -0.2) is 0 Å². The number of carbonyl (C=O) groups excluding carboxylic acids is 5. The minimum Gasteiger partial charge on any atom is -0.370 e. The van der Waals surface area contributed by atoms with Crippen LogP contribution in [0.4, 0.5) is 0 Å². The molecule has 1 saturated heterocycles. The number of rotatable bonds is 14. The number of nitrogens with one attached hydrogen (secondary N) is 4. The van der Waals surface area contributed by atoms with Crippen molar-refractivity contribution in [3.8, 4) is 0 Å². The van der Waals surface area contributed by atoms with Gasteiger partial charge in [0.15, 0.2) is 0 Å². The lowest BCUT2D eigenvalue weighted by Crippen LogP contribution is -2.55. The third-order valence-electron chi connectivity index (χ3n) is 7.06. The van der Waals surface area contributed by atoms with Crippen molar-refractivity contribution >= 4 is 47.7 Å². The molecule has 0 unspecified atom stereocenters. The molecule has 0 radical (unpaired) electrons. The number of nitrogens with zero attached hydrogens (tertiary/aromatic N) is 1. The van der Waals surface area contributed by atoms with Crippen LogP contribution in [0.15, 0.2) is 24.3 Å². The summed E-state index contributed by atoms with van der Waals surface area (Å²) in [6.07, 6.45) is 1.85. The van der Waals surface area contributed by atoms with E-state index in [1.165, 1.54) is 29.2 Å². The molecule has 0 spiro atoms. The van der Waals surface area contributed by atoms with Crippen LogP contribution in [0.25, 0.3) is 10.9 Å². The highest BCUT2D eigenvalue weighted by molar-refractivity contribution is 7.70. The van der Waals surface area contributed by atoms with Crippen LogP contribution in [0, 0.1) is 5.92 Å². The first-order chi connectivity index (χ1) is 19.7. The van der Waals surface area contributed by atoms with Crippen molar-refractivity contribution in [2.75, 3.05) is 20.1 Å². The topological polar surface area (TPSA) is 224 Å². The van der Waals surface area contributed by atoms with E-state index in [9.17, 15) is 38.3 Å². The summed E-state index contributed by atoms with van der Waals surface area (Å²) in [5, 5.41) is 9.04. The molecule has 2 heterocycles. The molecule has 1 aromatic heterocycles. The minimum atomic E-state index is -4.98. The molecule has 1 fully saturated rings. The fourth-order valence-electron chi connectivity index (χ4n) is 5.07. The fourth-order valence-corrected chi connectivity index (χ4v) is 5.55. The lowest BCUT2D eigenvalue weighted by Gasteiger charge is -2.30. The van der Waals surface area contributed by atoms with Crippen LogP contribution in [0.5, 0.6) is 0 Å². The second-order valence-corrected chi connectivity index (χ2v) is 12.4. The van der Waals surface area contributed by atoms with Gasteiger partial charge in [-0.05, 0) is 62.9 Å². The van der Waals surface area contributed by atoms with Gasteiger partial charge in [0.25, 0.3) is 11.4 Å². The first-order valence-corrected chi connectivity index (χ1v) is 15.4. The summed E-state index contributed by atoms with van der Waals surface area (Å²) in [7, 11) is -3.25. The van der Waals surface area contributed by atoms with Gasteiger partial charge < -0.3 is 41.4 Å². The number of amides is 4. The van der Waals surface area contributed by atoms with E-state index in [0.29, 0.717) is 49.7 Å². The molecule has 15 heteroatoms. The zero-order valence-corrected chi connectivity index (χ0v) is 24.8. The third-order valence-corrected chi connectivity index (χ3v) is 7.85. The van der Waals surface area contributed by atoms with E-state index in [0.717, 1.165) is 0 Å². The molecule has 1 aliphatic rings. The molecule has 0 bridgehead atoms. The molecule has 0 saturated carbocycles. The summed E-state index contributed by atoms with van der Waals surface area (Å²) in [4.78, 5) is 86.1. The maximum Gasteiger partial charge on any atom is 0.396 e. The normalized spacial score (nSPS) is 16.8. The van der Waals surface area contributed by atoms with E-state index in [1.54, 1.807) is 7.05 Å². The number of hydrogen-bond donors (Lipinski definition) is 7. The Labute approximate surface area is 243 Å². The number of fused-ring (bicyclic) bond motifs is 1. The van der Waals surface area contributed by atoms with Crippen molar-refractivity contribution in [1.82, 2.24) is 25.8 Å². The Hall–Kier alpha value is -3.58. The number of aromatic amines is 1. The van der Waals surface area contributed by atoms with Crippen LogP contribution in [0.3, 0.4) is 0 Å². The van der Waals surface area contributed by atoms with Gasteiger partial charge in [0, 0.05) is 42.0 Å². The van der Waals surface area contributed by atoms with Crippen molar-refractivity contribution in [3.05, 3.63) is 35.5 Å². The summed E-state index contributed by atoms with van der Waals surface area (Å²) >= 11 is 0. The number of likely N-dealkylation sites (tertiary alicyclic amines) is 1. The maximum atomic E-state index is 13.7. The second kappa shape index (κ2) is 14.1. The summed E-state index contributed by atoms with van der Waals surface area (Å²) in [6.45, 7) is 4.59. The van der Waals surface area contributed by atoms with Crippen LogP contribution in [0.2, 0.25) is 0 Å². The Morgan fingerprint density at radius 1 is 1.14 bits per heavy atom. The molecular weight excluding hydrogens is 567 g/mol. The van der Waals surface area contributed by atoms with Crippen molar-refractivity contribution < 1.29 is 38.3 Å². The first-order valence-electron chi connectivity index (χ1n) is 13.8. The van der Waals surface area contributed by atoms with Gasteiger partial charge in [-0.1, -0.05) is 13.8 Å². The van der Waals surface area contributed by atoms with Crippen molar-refractivity contribution in [1.29, 1.82) is 0 Å². The molecule has 8 N–H and O–H groups in total. The Bertz CT molecular complexity index is 1390. The quantitative estimate of drug-likeness (QED) is 0.149. The summed E-state index contributed by atoms with van der Waals surface area (Å²) in [5.41, 5.74) is 4.28. The monoisotopic (exact) mass is 606 g/mol. The zero-order chi connectivity index (χ0) is 31.2. The number of primary amides is 1. The van der Waals surface area contributed by atoms with E-state index in [4.69, 9.17) is 5.73 Å². The van der Waals surface area contributed by atoms with Crippen LogP contribution in [0.1, 0.15) is 66.8 Å². The Morgan fingerprint density at radius 2 is 1.86 bits per heavy atom. The molecule has 4 amide bonds. The number of carbonyl (C=O) groups is 5. The molecule has 1 aromatic carbocycles. The van der Waals surface area contributed by atoms with Crippen molar-refractivity contribution in [3.63, 3.8) is 0 Å². The first kappa shape index (κ1) is 32.9. The van der Waals surface area contributed by atoms with Crippen LogP contribution in [-0.2, 0) is 18.9 Å². The smallest absolute Gasteiger partial charge is 0.370 e. The SMILES string of the molecule is CNC[C@H](CCC(N)=O)NC(=O)[C@@H]1CCCN1C(=O)[C@H](CC(C)C)NC(=O)c1cc2cc(C(=O)P(=O)(O)O)ccc2[nH]1. The standard InChI is InChI=1S/C27H39N6O8P/c1-15(2)11-21(26(37)33-10-4-5-22(33)25(36)30-18(14-29-3)7-9-23(28)34)32-24(35)20-13-17-12-16(6-8-19(17)31-20)27(38)42(39,40)41/h6,8,12-13,15,18,21-22,29,31H,4-5,7,9-11,14H2,1-3H3,(H2,28,34)(H,30,36)(H,32,35)(H2,39,40,41)/t18-,21-,22-/m0/s1. The second-order valence-electron chi connectivity index (χ2n) is 10.9. The lowest BCUT2D eigenvalue weighted by molar-refractivity contribution is -0.140. The lowest BCUT2D eigenvalue weighted by atomic mass is 10.0. The van der Waals surface area contributed by atoms with Crippen molar-refractivity contribution in [2.24, 2.45) is 11.7 Å². The van der Waals surface area contributed by atoms with Gasteiger partial charge in [-0.15, -0.1) is 0 Å². The maximum absolute atomic E-state index is 13.7. The minimum absolute atomic E-state index is 0.0341. The predicted octanol–water partition coefficient (Wildman–Crippen LogP) is 0.591. The predicted molar refractivity (Wildman–Crippen MR) is 154 cm³/mol. The fraction of sp³-hybridized carbons (Fsp3) is 0.519. The summed E-state index contributed by atoms with van der Waals surface area (Å²) < 4.78 is 11.4. The van der Waals surface area contributed by atoms with Gasteiger partial charge in [0.1, 0.15) is 17.8 Å². The highest BCUT2D eigenvalue weighted by Crippen LogP contribution is 2.39. The van der Waals surface area contributed by atoms with Gasteiger partial charge in [-0.3, -0.25) is 28.5 Å². The molecule has 14 nitrogen and oxygen atoms in total. The number of benzene rings is 1. The van der Waals surface area contributed by atoms with Gasteiger partial charge >= 0.3 is 7.60 Å². The Balaban J connectivity index is 1.76.